The van der Waals surface area contributed by atoms with Crippen LogP contribution in [0.15, 0.2) is 42.7 Å². The Balaban J connectivity index is 1.63. The van der Waals surface area contributed by atoms with Crippen LogP contribution >= 0.6 is 23.2 Å². The number of nitrogens with zero attached hydrogens (tertiary/aromatic N) is 2. The number of benzene rings is 2. The topological polar surface area (TPSA) is 8.81 Å². The van der Waals surface area contributed by atoms with Gasteiger partial charge in [-0.25, -0.2) is 4.57 Å². The summed E-state index contributed by atoms with van der Waals surface area (Å²) in [6, 6.07) is 12.7. The van der Waals surface area contributed by atoms with Crippen LogP contribution in [0.2, 0.25) is 10.3 Å². The number of halogens is 2. The maximum atomic E-state index is 6.65. The van der Waals surface area contributed by atoms with Crippen molar-refractivity contribution >= 4 is 34.0 Å². The number of imidazole rings is 1. The van der Waals surface area contributed by atoms with Gasteiger partial charge in [0.2, 0.25) is 0 Å². The first-order valence-corrected chi connectivity index (χ1v) is 11.8. The second-order valence-corrected chi connectivity index (χ2v) is 8.76. The van der Waals surface area contributed by atoms with Gasteiger partial charge in [-0.3, -0.25) is 0 Å². The molecule has 0 atom stereocenters. The molecule has 2 aromatic carbocycles. The van der Waals surface area contributed by atoms with E-state index < -0.39 is 0 Å². The Morgan fingerprint density at radius 3 is 2.21 bits per heavy atom. The minimum atomic E-state index is 0.585. The highest BCUT2D eigenvalue weighted by Gasteiger charge is 2.24. The zero-order valence-electron chi connectivity index (χ0n) is 17.8. The van der Waals surface area contributed by atoms with Gasteiger partial charge in [0, 0.05) is 5.39 Å². The largest absolute Gasteiger partial charge is 0.260 e. The Morgan fingerprint density at radius 2 is 1.48 bits per heavy atom. The van der Waals surface area contributed by atoms with Gasteiger partial charge < -0.3 is 0 Å². The molecule has 0 radical (unpaired) electrons. The van der Waals surface area contributed by atoms with Crippen LogP contribution in [0, 0.1) is 6.92 Å². The van der Waals surface area contributed by atoms with Gasteiger partial charge in [0.1, 0.15) is 5.69 Å². The van der Waals surface area contributed by atoms with Gasteiger partial charge in [0.25, 0.3) is 16.6 Å². The molecule has 156 valence electrons. The molecule has 1 aromatic heterocycles. The average Bonchev–Trinajstić information content (AvgIpc) is 3.01. The quantitative estimate of drug-likeness (QED) is 0.214. The summed E-state index contributed by atoms with van der Waals surface area (Å²) >= 11 is 13.2. The third-order valence-electron chi connectivity index (χ3n) is 5.73. The Bertz CT molecular complexity index is 930. The summed E-state index contributed by atoms with van der Waals surface area (Å²) in [5.74, 6) is 0. The molecule has 3 rings (SSSR count). The summed E-state index contributed by atoms with van der Waals surface area (Å²) in [6.07, 6.45) is 13.9. The molecule has 3 aromatic rings. The highest BCUT2D eigenvalue weighted by Crippen LogP contribution is 2.30. The van der Waals surface area contributed by atoms with Crippen molar-refractivity contribution in [2.24, 2.45) is 0 Å². The monoisotopic (exact) mass is 431 g/mol. The van der Waals surface area contributed by atoms with Crippen LogP contribution in [0.25, 0.3) is 16.5 Å². The first-order valence-electron chi connectivity index (χ1n) is 11.1. The fourth-order valence-electron chi connectivity index (χ4n) is 4.05. The minimum absolute atomic E-state index is 0.585. The van der Waals surface area contributed by atoms with Crippen molar-refractivity contribution in [2.45, 2.75) is 78.2 Å². The molecule has 0 spiro atoms. The molecule has 0 amide bonds. The Morgan fingerprint density at radius 1 is 0.828 bits per heavy atom. The van der Waals surface area contributed by atoms with Crippen molar-refractivity contribution in [3.05, 3.63) is 58.6 Å². The van der Waals surface area contributed by atoms with Crippen LogP contribution in [0.3, 0.4) is 0 Å². The number of fused-ring (bicyclic) bond motifs is 1. The predicted molar refractivity (Wildman–Crippen MR) is 125 cm³/mol. The second kappa shape index (κ2) is 11.0. The molecule has 4 heteroatoms. The van der Waals surface area contributed by atoms with Crippen molar-refractivity contribution in [1.29, 1.82) is 0 Å². The third kappa shape index (κ3) is 5.55. The lowest BCUT2D eigenvalue weighted by Gasteiger charge is -2.07. The van der Waals surface area contributed by atoms with Crippen molar-refractivity contribution in [3.63, 3.8) is 0 Å². The molecule has 0 saturated heterocycles. The highest BCUT2D eigenvalue weighted by molar-refractivity contribution is 6.40. The van der Waals surface area contributed by atoms with E-state index in [4.69, 9.17) is 23.2 Å². The lowest BCUT2D eigenvalue weighted by Crippen LogP contribution is -2.32. The second-order valence-electron chi connectivity index (χ2n) is 8.04. The van der Waals surface area contributed by atoms with Gasteiger partial charge in [-0.2, -0.15) is 4.57 Å². The van der Waals surface area contributed by atoms with Crippen LogP contribution in [-0.2, 0) is 6.54 Å². The number of aromatic nitrogens is 2. The van der Waals surface area contributed by atoms with Gasteiger partial charge in [-0.05, 0) is 53.9 Å². The Labute approximate surface area is 185 Å². The van der Waals surface area contributed by atoms with E-state index in [-0.39, 0.29) is 0 Å². The SMILES string of the molecule is CCCCCCCCCCC[n+]1cn(-c2c(C)ccc3ccccc23)c(Cl)c1Cl. The molecule has 0 aliphatic carbocycles. The van der Waals surface area contributed by atoms with Crippen LogP contribution in [0.4, 0.5) is 0 Å². The van der Waals surface area contributed by atoms with Crippen molar-refractivity contribution in [1.82, 2.24) is 4.57 Å². The molecule has 2 nitrogen and oxygen atoms in total. The third-order valence-corrected chi connectivity index (χ3v) is 6.59. The van der Waals surface area contributed by atoms with E-state index in [0.717, 1.165) is 18.7 Å². The molecule has 0 aliphatic heterocycles. The first-order chi connectivity index (χ1) is 14.1. The van der Waals surface area contributed by atoms with E-state index in [2.05, 4.69) is 61.1 Å². The fourth-order valence-corrected chi connectivity index (χ4v) is 4.50. The average molecular weight is 432 g/mol. The molecular formula is C25H33Cl2N2+. The van der Waals surface area contributed by atoms with Crippen LogP contribution in [0.1, 0.15) is 70.3 Å². The molecule has 0 saturated carbocycles. The molecule has 0 unspecified atom stereocenters. The molecular weight excluding hydrogens is 399 g/mol. The van der Waals surface area contributed by atoms with Crippen LogP contribution < -0.4 is 4.57 Å². The highest BCUT2D eigenvalue weighted by atomic mass is 35.5. The normalized spacial score (nSPS) is 11.4. The summed E-state index contributed by atoms with van der Waals surface area (Å²) in [5, 5.41) is 3.61. The van der Waals surface area contributed by atoms with E-state index in [1.807, 2.05) is 4.57 Å². The summed E-state index contributed by atoms with van der Waals surface area (Å²) in [5.41, 5.74) is 2.30. The van der Waals surface area contributed by atoms with Crippen LogP contribution in [0.5, 0.6) is 0 Å². The number of unbranched alkanes of at least 4 members (excludes halogenated alkanes) is 8. The fraction of sp³-hybridized carbons (Fsp3) is 0.480. The number of rotatable bonds is 11. The van der Waals surface area contributed by atoms with Crippen molar-refractivity contribution in [2.75, 3.05) is 0 Å². The van der Waals surface area contributed by atoms with Gasteiger partial charge in [0.15, 0.2) is 0 Å². The summed E-state index contributed by atoms with van der Waals surface area (Å²) in [4.78, 5) is 0. The maximum Gasteiger partial charge on any atom is 0.260 e. The lowest BCUT2D eigenvalue weighted by atomic mass is 10.0. The summed E-state index contributed by atoms with van der Waals surface area (Å²) in [6.45, 7) is 5.30. The molecule has 29 heavy (non-hydrogen) atoms. The van der Waals surface area contributed by atoms with Gasteiger partial charge in [0.05, 0.1) is 6.54 Å². The first kappa shape index (κ1) is 22.2. The van der Waals surface area contributed by atoms with Crippen LogP contribution in [-0.4, -0.2) is 4.57 Å². The standard InChI is InChI=1S/C25H33Cl2N2/c1-3-4-5-6-7-8-9-10-13-18-28-19-29(25(27)24(28)26)23-20(2)16-17-21-14-11-12-15-22(21)23/h11-12,14-17,19H,3-10,13,18H2,1-2H3/q+1. The smallest absolute Gasteiger partial charge is 0.219 e. The Hall–Kier alpha value is -1.51. The van der Waals surface area contributed by atoms with Gasteiger partial charge >= 0.3 is 0 Å². The molecule has 0 fully saturated rings. The van der Waals surface area contributed by atoms with Gasteiger partial charge in [-0.15, -0.1) is 0 Å². The number of aryl methyl sites for hydroxylation is 2. The lowest BCUT2D eigenvalue weighted by molar-refractivity contribution is -0.694. The summed E-state index contributed by atoms with van der Waals surface area (Å²) in [7, 11) is 0. The van der Waals surface area contributed by atoms with Crippen molar-refractivity contribution in [3.8, 4) is 5.69 Å². The van der Waals surface area contributed by atoms with Crippen molar-refractivity contribution < 1.29 is 4.57 Å². The molecule has 0 N–H and O–H groups in total. The predicted octanol–water partition coefficient (Wildman–Crippen LogP) is 8.06. The number of hydrogen-bond donors (Lipinski definition) is 0. The minimum Gasteiger partial charge on any atom is -0.219 e. The zero-order chi connectivity index (χ0) is 20.6. The summed E-state index contributed by atoms with van der Waals surface area (Å²) < 4.78 is 4.13. The maximum absolute atomic E-state index is 6.65. The van der Waals surface area contributed by atoms with E-state index in [1.165, 1.54) is 67.7 Å². The number of hydrogen-bond acceptors (Lipinski definition) is 0. The van der Waals surface area contributed by atoms with E-state index in [9.17, 15) is 0 Å². The van der Waals surface area contributed by atoms with E-state index in [1.54, 1.807) is 0 Å². The molecule has 0 aliphatic rings. The molecule has 1 heterocycles. The van der Waals surface area contributed by atoms with Gasteiger partial charge in [-0.1, -0.05) is 88.3 Å². The van der Waals surface area contributed by atoms with E-state index >= 15 is 0 Å². The Kier molecular flexibility index (Phi) is 8.44. The molecule has 0 bridgehead atoms. The van der Waals surface area contributed by atoms with E-state index in [0.29, 0.717) is 10.3 Å². The zero-order valence-corrected chi connectivity index (χ0v) is 19.3.